The van der Waals surface area contributed by atoms with Crippen LogP contribution in [0.5, 0.6) is 0 Å². The van der Waals surface area contributed by atoms with E-state index in [9.17, 15) is 9.90 Å². The van der Waals surface area contributed by atoms with E-state index >= 15 is 0 Å². The number of carbonyl (C=O) groups excluding carboxylic acids is 1. The van der Waals surface area contributed by atoms with Gasteiger partial charge >= 0.3 is 6.09 Å². The van der Waals surface area contributed by atoms with Gasteiger partial charge in [0.25, 0.3) is 5.89 Å². The van der Waals surface area contributed by atoms with E-state index in [4.69, 9.17) is 9.26 Å². The number of thiophene rings is 1. The molecular formula is C15H21N3O4S. The van der Waals surface area contributed by atoms with Crippen LogP contribution in [0, 0.1) is 0 Å². The maximum absolute atomic E-state index is 11.8. The van der Waals surface area contributed by atoms with Crippen LogP contribution in [0.2, 0.25) is 0 Å². The smallest absolute Gasteiger partial charge is 0.407 e. The normalized spacial score (nSPS) is 14.3. The van der Waals surface area contributed by atoms with Gasteiger partial charge in [0, 0.05) is 5.38 Å². The summed E-state index contributed by atoms with van der Waals surface area (Å²) in [5, 5.41) is 20.6. The molecule has 2 aromatic rings. The first-order chi connectivity index (χ1) is 10.8. The van der Waals surface area contributed by atoms with Crippen molar-refractivity contribution >= 4 is 17.4 Å². The summed E-state index contributed by atoms with van der Waals surface area (Å²) in [7, 11) is 0. The van der Waals surface area contributed by atoms with Crippen molar-refractivity contribution < 1.29 is 19.2 Å². The monoisotopic (exact) mass is 339 g/mol. The van der Waals surface area contributed by atoms with Gasteiger partial charge in [-0.2, -0.15) is 16.3 Å². The number of nitrogens with one attached hydrogen (secondary N) is 1. The topological polar surface area (TPSA) is 97.5 Å². The van der Waals surface area contributed by atoms with Crippen molar-refractivity contribution in [2.45, 2.75) is 51.9 Å². The number of hydrogen-bond acceptors (Lipinski definition) is 7. The van der Waals surface area contributed by atoms with Crippen molar-refractivity contribution in [2.24, 2.45) is 0 Å². The van der Waals surface area contributed by atoms with Crippen LogP contribution in [0.1, 0.15) is 46.0 Å². The molecule has 2 heterocycles. The predicted octanol–water partition coefficient (Wildman–Crippen LogP) is 3.13. The molecule has 2 atom stereocenters. The number of carbonyl (C=O) groups is 1. The molecule has 0 bridgehead atoms. The van der Waals surface area contributed by atoms with Crippen molar-refractivity contribution in [1.29, 1.82) is 0 Å². The number of aromatic nitrogens is 2. The molecule has 0 aliphatic heterocycles. The molecule has 2 aromatic heterocycles. The highest BCUT2D eigenvalue weighted by atomic mass is 32.1. The summed E-state index contributed by atoms with van der Waals surface area (Å²) < 4.78 is 10.3. The van der Waals surface area contributed by atoms with Gasteiger partial charge in [0.1, 0.15) is 11.7 Å². The molecule has 23 heavy (non-hydrogen) atoms. The first kappa shape index (κ1) is 17.4. The van der Waals surface area contributed by atoms with Gasteiger partial charge in [0.2, 0.25) is 5.82 Å². The third kappa shape index (κ3) is 4.77. The number of alkyl carbamates (subject to hydrolysis) is 1. The van der Waals surface area contributed by atoms with Crippen LogP contribution in [0.15, 0.2) is 21.3 Å². The Kier molecular flexibility index (Phi) is 5.38. The summed E-state index contributed by atoms with van der Waals surface area (Å²) >= 11 is 1.51. The Morgan fingerprint density at radius 2 is 2.26 bits per heavy atom. The van der Waals surface area contributed by atoms with Crippen molar-refractivity contribution in [3.8, 4) is 11.5 Å². The molecule has 0 aliphatic carbocycles. The van der Waals surface area contributed by atoms with Gasteiger partial charge in [0.15, 0.2) is 0 Å². The molecule has 0 saturated carbocycles. The number of amides is 1. The van der Waals surface area contributed by atoms with E-state index in [1.165, 1.54) is 11.3 Å². The maximum atomic E-state index is 11.8. The lowest BCUT2D eigenvalue weighted by atomic mass is 10.1. The fourth-order valence-corrected chi connectivity index (χ4v) is 2.53. The first-order valence-corrected chi connectivity index (χ1v) is 8.28. The number of aliphatic hydroxyl groups excluding tert-OH is 1. The molecule has 126 valence electrons. The molecule has 2 rings (SSSR count). The van der Waals surface area contributed by atoms with Gasteiger partial charge in [-0.1, -0.05) is 12.1 Å². The van der Waals surface area contributed by atoms with Gasteiger partial charge in [-0.05, 0) is 38.6 Å². The Morgan fingerprint density at radius 3 is 2.83 bits per heavy atom. The molecular weight excluding hydrogens is 318 g/mol. The molecule has 0 radical (unpaired) electrons. The van der Waals surface area contributed by atoms with Crippen molar-refractivity contribution in [3.63, 3.8) is 0 Å². The van der Waals surface area contributed by atoms with Gasteiger partial charge in [0.05, 0.1) is 11.6 Å². The SMILES string of the molecule is CCC(NC(=O)OC(C)(C)C)[C@H](O)c1noc(-c2ccsc2)n1. The molecule has 0 fully saturated rings. The standard InChI is InChI=1S/C15H21N3O4S/c1-5-10(16-14(20)21-15(2,3)4)11(19)12-17-13(22-18-12)9-6-7-23-8-9/h6-8,10-11,19H,5H2,1-4H3,(H,16,20)/t10?,11-/m0/s1. The second-order valence-corrected chi connectivity index (χ2v) is 6.86. The van der Waals surface area contributed by atoms with Crippen molar-refractivity contribution in [2.75, 3.05) is 0 Å². The minimum atomic E-state index is -1.08. The number of hydrogen-bond donors (Lipinski definition) is 2. The van der Waals surface area contributed by atoms with Gasteiger partial charge < -0.3 is 19.7 Å². The zero-order valence-corrected chi connectivity index (χ0v) is 14.4. The average molecular weight is 339 g/mol. The zero-order chi connectivity index (χ0) is 17.0. The molecule has 2 N–H and O–H groups in total. The summed E-state index contributed by atoms with van der Waals surface area (Å²) in [5.41, 5.74) is 0.195. The fourth-order valence-electron chi connectivity index (χ4n) is 1.90. The maximum Gasteiger partial charge on any atom is 0.407 e. The molecule has 0 saturated heterocycles. The van der Waals surface area contributed by atoms with E-state index < -0.39 is 23.8 Å². The zero-order valence-electron chi connectivity index (χ0n) is 13.6. The Labute approximate surface area is 138 Å². The van der Waals surface area contributed by atoms with Gasteiger partial charge in [-0.25, -0.2) is 4.79 Å². The lowest BCUT2D eigenvalue weighted by molar-refractivity contribution is 0.0406. The van der Waals surface area contributed by atoms with E-state index in [-0.39, 0.29) is 5.82 Å². The second kappa shape index (κ2) is 7.10. The van der Waals surface area contributed by atoms with E-state index in [0.29, 0.717) is 12.3 Å². The summed E-state index contributed by atoms with van der Waals surface area (Å²) in [6, 6.07) is 1.28. The quantitative estimate of drug-likeness (QED) is 0.868. The lowest BCUT2D eigenvalue weighted by Gasteiger charge is -2.24. The van der Waals surface area contributed by atoms with E-state index in [1.807, 2.05) is 23.8 Å². The van der Waals surface area contributed by atoms with E-state index in [1.54, 1.807) is 20.8 Å². The summed E-state index contributed by atoms with van der Waals surface area (Å²) in [5.74, 6) is 0.474. The third-order valence-electron chi connectivity index (χ3n) is 3.00. The van der Waals surface area contributed by atoms with Gasteiger partial charge in [-0.15, -0.1) is 0 Å². The molecule has 7 nitrogen and oxygen atoms in total. The number of nitrogens with zero attached hydrogens (tertiary/aromatic N) is 2. The number of rotatable bonds is 5. The molecule has 0 aromatic carbocycles. The van der Waals surface area contributed by atoms with Crippen LogP contribution < -0.4 is 5.32 Å². The van der Waals surface area contributed by atoms with Crippen LogP contribution in [-0.4, -0.2) is 33.0 Å². The predicted molar refractivity (Wildman–Crippen MR) is 86.0 cm³/mol. The molecule has 1 amide bonds. The fraction of sp³-hybridized carbons (Fsp3) is 0.533. The highest BCUT2D eigenvalue weighted by Gasteiger charge is 2.28. The average Bonchev–Trinajstić information content (AvgIpc) is 3.11. The molecule has 8 heteroatoms. The minimum Gasteiger partial charge on any atom is -0.444 e. The summed E-state index contributed by atoms with van der Waals surface area (Å²) in [4.78, 5) is 16.0. The highest BCUT2D eigenvalue weighted by Crippen LogP contribution is 2.23. The molecule has 0 spiro atoms. The summed E-state index contributed by atoms with van der Waals surface area (Å²) in [6.45, 7) is 7.16. The van der Waals surface area contributed by atoms with Crippen LogP contribution in [0.25, 0.3) is 11.5 Å². The highest BCUT2D eigenvalue weighted by molar-refractivity contribution is 7.08. The molecule has 0 aliphatic rings. The lowest BCUT2D eigenvalue weighted by Crippen LogP contribution is -2.42. The van der Waals surface area contributed by atoms with Crippen LogP contribution >= 0.6 is 11.3 Å². The van der Waals surface area contributed by atoms with E-state index in [0.717, 1.165) is 5.56 Å². The Bertz CT molecular complexity index is 633. The van der Waals surface area contributed by atoms with E-state index in [2.05, 4.69) is 15.5 Å². The number of aliphatic hydroxyl groups is 1. The first-order valence-electron chi connectivity index (χ1n) is 7.34. The van der Waals surface area contributed by atoms with Gasteiger partial charge in [-0.3, -0.25) is 0 Å². The second-order valence-electron chi connectivity index (χ2n) is 6.08. The van der Waals surface area contributed by atoms with Crippen molar-refractivity contribution in [1.82, 2.24) is 15.5 Å². The van der Waals surface area contributed by atoms with Crippen LogP contribution in [0.3, 0.4) is 0 Å². The van der Waals surface area contributed by atoms with Crippen molar-refractivity contribution in [3.05, 3.63) is 22.7 Å². The van der Waals surface area contributed by atoms with Crippen LogP contribution in [-0.2, 0) is 4.74 Å². The number of ether oxygens (including phenoxy) is 1. The van der Waals surface area contributed by atoms with Crippen LogP contribution in [0.4, 0.5) is 4.79 Å². The summed E-state index contributed by atoms with van der Waals surface area (Å²) in [6.07, 6.45) is -1.18. The molecule has 1 unspecified atom stereocenters. The third-order valence-corrected chi connectivity index (χ3v) is 3.68. The largest absolute Gasteiger partial charge is 0.444 e. The Balaban J connectivity index is 2.05. The Hall–Kier alpha value is -1.93. The minimum absolute atomic E-state index is 0.133. The Morgan fingerprint density at radius 1 is 1.52 bits per heavy atom.